The molecule has 2 nitrogen and oxygen atoms in total. The minimum absolute atomic E-state index is 0.644. The molecule has 1 atom stereocenters. The summed E-state index contributed by atoms with van der Waals surface area (Å²) in [5, 5.41) is 3.39. The van der Waals surface area contributed by atoms with Gasteiger partial charge < -0.3 is 5.32 Å². The lowest BCUT2D eigenvalue weighted by molar-refractivity contribution is 0.0679. The maximum Gasteiger partial charge on any atom is 0.0348 e. The van der Waals surface area contributed by atoms with E-state index >= 15 is 0 Å². The molecular weight excluding hydrogens is 172 g/mol. The minimum Gasteiger partial charge on any atom is -0.314 e. The highest BCUT2D eigenvalue weighted by Crippen LogP contribution is 2.50. The molecule has 1 unspecified atom stereocenters. The Hall–Kier alpha value is -0.0800. The molecule has 14 heavy (non-hydrogen) atoms. The Bertz CT molecular complexity index is 194. The van der Waals surface area contributed by atoms with Crippen molar-refractivity contribution in [2.24, 2.45) is 5.41 Å². The van der Waals surface area contributed by atoms with Gasteiger partial charge in [0.25, 0.3) is 0 Å². The molecule has 1 N–H and O–H groups in total. The first-order valence-corrected chi connectivity index (χ1v) is 6.14. The zero-order chi connectivity index (χ0) is 10.2. The van der Waals surface area contributed by atoms with Crippen LogP contribution in [-0.2, 0) is 0 Å². The normalized spacial score (nSPS) is 27.4. The van der Waals surface area contributed by atoms with E-state index in [1.807, 2.05) is 0 Å². The van der Waals surface area contributed by atoms with Crippen LogP contribution in [0.25, 0.3) is 0 Å². The van der Waals surface area contributed by atoms with Crippen molar-refractivity contribution in [2.75, 3.05) is 19.6 Å². The number of nitrogens with one attached hydrogen (secondary N) is 1. The Morgan fingerprint density at radius 2 is 2.07 bits per heavy atom. The van der Waals surface area contributed by atoms with Crippen molar-refractivity contribution in [2.45, 2.75) is 52.1 Å². The van der Waals surface area contributed by atoms with Gasteiger partial charge in [0, 0.05) is 25.2 Å². The summed E-state index contributed by atoms with van der Waals surface area (Å²) >= 11 is 0. The van der Waals surface area contributed by atoms with Crippen LogP contribution >= 0.6 is 0 Å². The zero-order valence-corrected chi connectivity index (χ0v) is 9.84. The summed E-state index contributed by atoms with van der Waals surface area (Å²) in [5.41, 5.74) is 0.644. The lowest BCUT2D eigenvalue weighted by atomic mass is 9.95. The van der Waals surface area contributed by atoms with Crippen molar-refractivity contribution in [3.8, 4) is 0 Å². The van der Waals surface area contributed by atoms with Crippen molar-refractivity contribution < 1.29 is 0 Å². The van der Waals surface area contributed by atoms with Crippen LogP contribution in [0.5, 0.6) is 0 Å². The van der Waals surface area contributed by atoms with Gasteiger partial charge >= 0.3 is 0 Å². The fourth-order valence-electron chi connectivity index (χ4n) is 2.47. The molecule has 1 aliphatic carbocycles. The molecule has 2 aliphatic rings. The molecule has 0 aromatic heterocycles. The number of nitrogens with zero attached hydrogens (tertiary/aromatic N) is 1. The second-order valence-electron chi connectivity index (χ2n) is 5.38. The Labute approximate surface area is 88.1 Å². The predicted molar refractivity (Wildman–Crippen MR) is 60.5 cm³/mol. The standard InChI is InChI=1S/C12H24N2/c1-4-7-14(11-8-13-9-11)10(2)12(3)5-6-12/h10-11,13H,4-9H2,1-3H3. The molecule has 1 heterocycles. The van der Waals surface area contributed by atoms with Crippen LogP contribution in [0.1, 0.15) is 40.0 Å². The molecule has 0 aromatic rings. The van der Waals surface area contributed by atoms with Crippen LogP contribution in [0.4, 0.5) is 0 Å². The van der Waals surface area contributed by atoms with Gasteiger partial charge in [-0.2, -0.15) is 0 Å². The van der Waals surface area contributed by atoms with E-state index in [1.165, 1.54) is 38.9 Å². The monoisotopic (exact) mass is 196 g/mol. The van der Waals surface area contributed by atoms with Crippen LogP contribution in [0, 0.1) is 5.41 Å². The fourth-order valence-corrected chi connectivity index (χ4v) is 2.47. The first-order chi connectivity index (χ1) is 6.67. The average molecular weight is 196 g/mol. The van der Waals surface area contributed by atoms with Crippen molar-refractivity contribution in [3.63, 3.8) is 0 Å². The molecule has 0 aromatic carbocycles. The first-order valence-electron chi connectivity index (χ1n) is 6.14. The Morgan fingerprint density at radius 1 is 1.43 bits per heavy atom. The molecule has 82 valence electrons. The van der Waals surface area contributed by atoms with E-state index in [1.54, 1.807) is 0 Å². The van der Waals surface area contributed by atoms with E-state index in [4.69, 9.17) is 0 Å². The molecule has 2 fully saturated rings. The second kappa shape index (κ2) is 3.82. The van der Waals surface area contributed by atoms with Crippen molar-refractivity contribution in [1.82, 2.24) is 10.2 Å². The molecule has 0 radical (unpaired) electrons. The van der Waals surface area contributed by atoms with E-state index in [0.717, 1.165) is 12.1 Å². The summed E-state index contributed by atoms with van der Waals surface area (Å²) < 4.78 is 0. The second-order valence-corrected chi connectivity index (χ2v) is 5.38. The van der Waals surface area contributed by atoms with E-state index in [0.29, 0.717) is 5.41 Å². The van der Waals surface area contributed by atoms with Crippen LogP contribution in [0.15, 0.2) is 0 Å². The van der Waals surface area contributed by atoms with Crippen LogP contribution < -0.4 is 5.32 Å². The van der Waals surface area contributed by atoms with Crippen molar-refractivity contribution >= 4 is 0 Å². The SMILES string of the molecule is CCCN(C1CNC1)C(C)C1(C)CC1. The van der Waals surface area contributed by atoms with E-state index in [9.17, 15) is 0 Å². The summed E-state index contributed by atoms with van der Waals surface area (Å²) in [6.07, 6.45) is 4.17. The van der Waals surface area contributed by atoms with Gasteiger partial charge in [0.15, 0.2) is 0 Å². The number of hydrogen-bond acceptors (Lipinski definition) is 2. The molecule has 1 saturated carbocycles. The van der Waals surface area contributed by atoms with Gasteiger partial charge in [-0.15, -0.1) is 0 Å². The maximum atomic E-state index is 3.39. The quantitative estimate of drug-likeness (QED) is 0.722. The topological polar surface area (TPSA) is 15.3 Å². The van der Waals surface area contributed by atoms with Crippen LogP contribution in [-0.4, -0.2) is 36.6 Å². The highest BCUT2D eigenvalue weighted by atomic mass is 15.3. The number of hydrogen-bond donors (Lipinski definition) is 1. The van der Waals surface area contributed by atoms with Gasteiger partial charge in [0.2, 0.25) is 0 Å². The Balaban J connectivity index is 1.94. The summed E-state index contributed by atoms with van der Waals surface area (Å²) in [5.74, 6) is 0. The van der Waals surface area contributed by atoms with Gasteiger partial charge in [-0.25, -0.2) is 0 Å². The summed E-state index contributed by atoms with van der Waals surface area (Å²) in [6, 6.07) is 1.61. The van der Waals surface area contributed by atoms with Crippen molar-refractivity contribution in [3.05, 3.63) is 0 Å². The third-order valence-electron chi connectivity index (χ3n) is 4.26. The van der Waals surface area contributed by atoms with Gasteiger partial charge in [0.05, 0.1) is 0 Å². The zero-order valence-electron chi connectivity index (χ0n) is 9.84. The molecule has 0 spiro atoms. The molecule has 1 aliphatic heterocycles. The minimum atomic E-state index is 0.644. The average Bonchev–Trinajstić information content (AvgIpc) is 2.80. The lowest BCUT2D eigenvalue weighted by Gasteiger charge is -2.44. The molecule has 0 amide bonds. The van der Waals surface area contributed by atoms with Gasteiger partial charge in [0.1, 0.15) is 0 Å². The third kappa shape index (κ3) is 1.82. The summed E-state index contributed by atoms with van der Waals surface area (Å²) in [6.45, 7) is 10.9. The fraction of sp³-hybridized carbons (Fsp3) is 1.00. The summed E-state index contributed by atoms with van der Waals surface area (Å²) in [4.78, 5) is 2.74. The lowest BCUT2D eigenvalue weighted by Crippen LogP contribution is -2.60. The highest BCUT2D eigenvalue weighted by molar-refractivity contribution is 5.00. The predicted octanol–water partition coefficient (Wildman–Crippen LogP) is 1.86. The highest BCUT2D eigenvalue weighted by Gasteiger charge is 2.46. The van der Waals surface area contributed by atoms with Gasteiger partial charge in [-0.3, -0.25) is 4.90 Å². The van der Waals surface area contributed by atoms with E-state index in [-0.39, 0.29) is 0 Å². The van der Waals surface area contributed by atoms with E-state index in [2.05, 4.69) is 31.0 Å². The molecular formula is C12H24N2. The molecule has 0 bridgehead atoms. The largest absolute Gasteiger partial charge is 0.314 e. The molecule has 2 heteroatoms. The van der Waals surface area contributed by atoms with Crippen molar-refractivity contribution in [1.29, 1.82) is 0 Å². The van der Waals surface area contributed by atoms with Gasteiger partial charge in [-0.05, 0) is 38.1 Å². The van der Waals surface area contributed by atoms with Gasteiger partial charge in [-0.1, -0.05) is 13.8 Å². The molecule has 2 rings (SSSR count). The maximum absolute atomic E-state index is 3.39. The third-order valence-corrected chi connectivity index (χ3v) is 4.26. The smallest absolute Gasteiger partial charge is 0.0348 e. The summed E-state index contributed by atoms with van der Waals surface area (Å²) in [7, 11) is 0. The first kappa shape index (κ1) is 10.4. The molecule has 1 saturated heterocycles. The van der Waals surface area contributed by atoms with Crippen LogP contribution in [0.3, 0.4) is 0 Å². The van der Waals surface area contributed by atoms with Crippen LogP contribution in [0.2, 0.25) is 0 Å². The van der Waals surface area contributed by atoms with E-state index < -0.39 is 0 Å². The number of rotatable bonds is 5. The Kier molecular flexibility index (Phi) is 2.85. The Morgan fingerprint density at radius 3 is 2.43 bits per heavy atom.